The molecule has 0 bridgehead atoms. The van der Waals surface area contributed by atoms with Gasteiger partial charge in [0.15, 0.2) is 0 Å². The largest absolute Gasteiger partial charge is 0.380 e. The standard InChI is InChI=1S/C17H20IN/c1-17(2,3)14-10-8-13(9-11-14)12-19-16-7-5-4-6-15(16)18/h4-11,19H,12H2,1-3H3. The van der Waals surface area contributed by atoms with Crippen LogP contribution in [0.4, 0.5) is 5.69 Å². The van der Waals surface area contributed by atoms with E-state index in [9.17, 15) is 0 Å². The van der Waals surface area contributed by atoms with Crippen molar-refractivity contribution in [1.29, 1.82) is 0 Å². The Labute approximate surface area is 129 Å². The lowest BCUT2D eigenvalue weighted by Crippen LogP contribution is -2.11. The summed E-state index contributed by atoms with van der Waals surface area (Å²) in [5, 5.41) is 3.48. The highest BCUT2D eigenvalue weighted by molar-refractivity contribution is 14.1. The summed E-state index contributed by atoms with van der Waals surface area (Å²) >= 11 is 2.36. The molecule has 100 valence electrons. The zero-order valence-electron chi connectivity index (χ0n) is 11.7. The van der Waals surface area contributed by atoms with E-state index in [1.54, 1.807) is 0 Å². The third-order valence-corrected chi connectivity index (χ3v) is 4.12. The Morgan fingerprint density at radius 3 is 2.16 bits per heavy atom. The zero-order valence-corrected chi connectivity index (χ0v) is 13.9. The Morgan fingerprint density at radius 1 is 0.947 bits per heavy atom. The van der Waals surface area contributed by atoms with Gasteiger partial charge in [-0.3, -0.25) is 0 Å². The van der Waals surface area contributed by atoms with E-state index in [2.05, 4.69) is 97.2 Å². The minimum atomic E-state index is 0.223. The number of nitrogens with one attached hydrogen (secondary N) is 1. The van der Waals surface area contributed by atoms with Crippen molar-refractivity contribution >= 4 is 28.3 Å². The lowest BCUT2D eigenvalue weighted by atomic mass is 9.87. The molecule has 1 nitrogen and oxygen atoms in total. The van der Waals surface area contributed by atoms with Crippen LogP contribution in [0, 0.1) is 3.57 Å². The van der Waals surface area contributed by atoms with Crippen LogP contribution in [0.5, 0.6) is 0 Å². The smallest absolute Gasteiger partial charge is 0.0478 e. The molecule has 0 aliphatic heterocycles. The minimum Gasteiger partial charge on any atom is -0.380 e. The van der Waals surface area contributed by atoms with Crippen molar-refractivity contribution in [2.24, 2.45) is 0 Å². The fourth-order valence-electron chi connectivity index (χ4n) is 1.92. The van der Waals surface area contributed by atoms with E-state index in [0.29, 0.717) is 0 Å². The van der Waals surface area contributed by atoms with Crippen LogP contribution in [-0.4, -0.2) is 0 Å². The molecule has 0 spiro atoms. The van der Waals surface area contributed by atoms with Crippen LogP contribution in [0.25, 0.3) is 0 Å². The molecular formula is C17H20IN. The molecule has 0 radical (unpaired) electrons. The molecule has 0 saturated heterocycles. The normalized spacial score (nSPS) is 11.4. The molecule has 2 heteroatoms. The molecule has 2 aromatic carbocycles. The fraction of sp³-hybridized carbons (Fsp3) is 0.294. The molecule has 0 aliphatic rings. The van der Waals surface area contributed by atoms with Gasteiger partial charge in [-0.15, -0.1) is 0 Å². The molecule has 0 saturated carbocycles. The molecular weight excluding hydrogens is 345 g/mol. The summed E-state index contributed by atoms with van der Waals surface area (Å²) < 4.78 is 1.26. The topological polar surface area (TPSA) is 12.0 Å². The van der Waals surface area contributed by atoms with Gasteiger partial charge in [0.25, 0.3) is 0 Å². The molecule has 1 N–H and O–H groups in total. The highest BCUT2D eigenvalue weighted by Gasteiger charge is 2.12. The summed E-state index contributed by atoms with van der Waals surface area (Å²) in [6.45, 7) is 7.59. The van der Waals surface area contributed by atoms with E-state index in [1.807, 2.05) is 0 Å². The van der Waals surface area contributed by atoms with Gasteiger partial charge < -0.3 is 5.32 Å². The predicted molar refractivity (Wildman–Crippen MR) is 91.6 cm³/mol. The van der Waals surface area contributed by atoms with Crippen molar-refractivity contribution < 1.29 is 0 Å². The lowest BCUT2D eigenvalue weighted by molar-refractivity contribution is 0.590. The first-order chi connectivity index (χ1) is 8.97. The Hall–Kier alpha value is -1.03. The van der Waals surface area contributed by atoms with E-state index in [1.165, 1.54) is 20.4 Å². The van der Waals surface area contributed by atoms with Crippen LogP contribution >= 0.6 is 22.6 Å². The molecule has 0 amide bonds. The van der Waals surface area contributed by atoms with Crippen LogP contribution in [0.15, 0.2) is 48.5 Å². The van der Waals surface area contributed by atoms with Gasteiger partial charge in [-0.2, -0.15) is 0 Å². The first-order valence-electron chi connectivity index (χ1n) is 6.54. The minimum absolute atomic E-state index is 0.223. The monoisotopic (exact) mass is 365 g/mol. The Morgan fingerprint density at radius 2 is 1.58 bits per heavy atom. The second kappa shape index (κ2) is 5.95. The second-order valence-corrected chi connectivity index (χ2v) is 6.94. The second-order valence-electron chi connectivity index (χ2n) is 5.78. The summed E-state index contributed by atoms with van der Waals surface area (Å²) in [6.07, 6.45) is 0. The van der Waals surface area contributed by atoms with E-state index in [4.69, 9.17) is 0 Å². The third-order valence-electron chi connectivity index (χ3n) is 3.18. The Bertz CT molecular complexity index is 538. The van der Waals surface area contributed by atoms with Gasteiger partial charge in [0, 0.05) is 15.8 Å². The molecule has 2 rings (SSSR count). The van der Waals surface area contributed by atoms with E-state index in [-0.39, 0.29) is 5.41 Å². The van der Waals surface area contributed by atoms with Crippen LogP contribution in [0.1, 0.15) is 31.9 Å². The molecule has 0 aliphatic carbocycles. The molecule has 0 atom stereocenters. The summed E-state index contributed by atoms with van der Waals surface area (Å²) in [4.78, 5) is 0. The number of benzene rings is 2. The zero-order chi connectivity index (χ0) is 13.9. The van der Waals surface area contributed by atoms with Gasteiger partial charge in [-0.1, -0.05) is 57.2 Å². The molecule has 0 unspecified atom stereocenters. The number of para-hydroxylation sites is 1. The maximum atomic E-state index is 3.48. The summed E-state index contributed by atoms with van der Waals surface area (Å²) in [7, 11) is 0. The SMILES string of the molecule is CC(C)(C)c1ccc(CNc2ccccc2I)cc1. The van der Waals surface area contributed by atoms with Crippen LogP contribution in [0.3, 0.4) is 0 Å². The van der Waals surface area contributed by atoms with Crippen molar-refractivity contribution in [1.82, 2.24) is 0 Å². The maximum Gasteiger partial charge on any atom is 0.0478 e. The fourth-order valence-corrected chi connectivity index (χ4v) is 2.50. The van der Waals surface area contributed by atoms with Crippen LogP contribution < -0.4 is 5.32 Å². The Balaban J connectivity index is 2.03. The summed E-state index contributed by atoms with van der Waals surface area (Å²) in [5.74, 6) is 0. The number of hydrogen-bond acceptors (Lipinski definition) is 1. The molecule has 0 fully saturated rings. The van der Waals surface area contributed by atoms with E-state index < -0.39 is 0 Å². The maximum absolute atomic E-state index is 3.48. The number of anilines is 1. The van der Waals surface area contributed by atoms with Gasteiger partial charge in [0.05, 0.1) is 0 Å². The van der Waals surface area contributed by atoms with Crippen molar-refractivity contribution in [3.05, 3.63) is 63.2 Å². The van der Waals surface area contributed by atoms with Crippen LogP contribution in [0.2, 0.25) is 0 Å². The number of halogens is 1. The molecule has 2 aromatic rings. The predicted octanol–water partition coefficient (Wildman–Crippen LogP) is 5.20. The molecule has 0 aromatic heterocycles. The van der Waals surface area contributed by atoms with Crippen molar-refractivity contribution in [2.75, 3.05) is 5.32 Å². The van der Waals surface area contributed by atoms with Gasteiger partial charge in [-0.05, 0) is 51.3 Å². The average molecular weight is 365 g/mol. The lowest BCUT2D eigenvalue weighted by Gasteiger charge is -2.19. The van der Waals surface area contributed by atoms with Crippen molar-refractivity contribution in [3.8, 4) is 0 Å². The van der Waals surface area contributed by atoms with Gasteiger partial charge in [-0.25, -0.2) is 0 Å². The summed E-state index contributed by atoms with van der Waals surface area (Å²) in [5.41, 5.74) is 4.11. The number of hydrogen-bond donors (Lipinski definition) is 1. The van der Waals surface area contributed by atoms with Crippen molar-refractivity contribution in [3.63, 3.8) is 0 Å². The van der Waals surface area contributed by atoms with Crippen LogP contribution in [-0.2, 0) is 12.0 Å². The molecule has 19 heavy (non-hydrogen) atoms. The van der Waals surface area contributed by atoms with Gasteiger partial charge in [0.1, 0.15) is 0 Å². The molecule has 0 heterocycles. The van der Waals surface area contributed by atoms with Crippen molar-refractivity contribution in [2.45, 2.75) is 32.7 Å². The van der Waals surface area contributed by atoms with Gasteiger partial charge in [0.2, 0.25) is 0 Å². The third kappa shape index (κ3) is 3.96. The Kier molecular flexibility index (Phi) is 4.50. The average Bonchev–Trinajstić information content (AvgIpc) is 2.37. The highest BCUT2D eigenvalue weighted by atomic mass is 127. The van der Waals surface area contributed by atoms with E-state index in [0.717, 1.165) is 6.54 Å². The first kappa shape index (κ1) is 14.4. The highest BCUT2D eigenvalue weighted by Crippen LogP contribution is 2.23. The van der Waals surface area contributed by atoms with E-state index >= 15 is 0 Å². The number of rotatable bonds is 3. The summed E-state index contributed by atoms with van der Waals surface area (Å²) in [6, 6.07) is 17.2. The van der Waals surface area contributed by atoms with Gasteiger partial charge >= 0.3 is 0 Å². The first-order valence-corrected chi connectivity index (χ1v) is 7.62. The quantitative estimate of drug-likeness (QED) is 0.737.